The van der Waals surface area contributed by atoms with E-state index in [4.69, 9.17) is 15.2 Å². The molecule has 1 atom stereocenters. The van der Waals surface area contributed by atoms with Gasteiger partial charge in [0.2, 0.25) is 5.88 Å². The number of nitrogens with zero attached hydrogens (tertiary/aromatic N) is 1. The van der Waals surface area contributed by atoms with E-state index >= 15 is 0 Å². The number of carbonyl (C=O) groups excluding carboxylic acids is 1. The van der Waals surface area contributed by atoms with Gasteiger partial charge >= 0.3 is 5.97 Å². The third-order valence-corrected chi connectivity index (χ3v) is 4.12. The number of methoxy groups -OCH3 is 1. The lowest BCUT2D eigenvalue weighted by Crippen LogP contribution is -2.24. The van der Waals surface area contributed by atoms with Crippen LogP contribution in [0.25, 0.3) is 0 Å². The zero-order valence-corrected chi connectivity index (χ0v) is 12.2. The summed E-state index contributed by atoms with van der Waals surface area (Å²) in [4.78, 5) is 14.0. The van der Waals surface area contributed by atoms with Gasteiger partial charge in [-0.1, -0.05) is 0 Å². The zero-order chi connectivity index (χ0) is 14.9. The number of thiophene rings is 1. The second kappa shape index (κ2) is 5.39. The third-order valence-electron chi connectivity index (χ3n) is 3.06. The molecular formula is C14H14N2O3S. The predicted molar refractivity (Wildman–Crippen MR) is 74.4 cm³/mol. The summed E-state index contributed by atoms with van der Waals surface area (Å²) in [7, 11) is 1.30. The Kier molecular flexibility index (Phi) is 3.81. The van der Waals surface area contributed by atoms with Gasteiger partial charge < -0.3 is 15.2 Å². The molecule has 0 spiro atoms. The highest BCUT2D eigenvalue weighted by Gasteiger charge is 2.36. The van der Waals surface area contributed by atoms with Gasteiger partial charge in [-0.2, -0.15) is 5.26 Å². The Hall–Kier alpha value is -2.26. The number of allylic oxidation sites excluding steroid dienone is 2. The van der Waals surface area contributed by atoms with Crippen LogP contribution in [-0.2, 0) is 14.3 Å². The maximum Gasteiger partial charge on any atom is 0.338 e. The lowest BCUT2D eigenvalue weighted by molar-refractivity contribution is -0.136. The fraction of sp³-hybridized carbons (Fsp3) is 0.286. The van der Waals surface area contributed by atoms with Gasteiger partial charge in [0.25, 0.3) is 0 Å². The largest absolute Gasteiger partial charge is 0.466 e. The van der Waals surface area contributed by atoms with Gasteiger partial charge in [-0.3, -0.25) is 0 Å². The molecule has 20 heavy (non-hydrogen) atoms. The quantitative estimate of drug-likeness (QED) is 0.845. The Morgan fingerprint density at radius 3 is 2.70 bits per heavy atom. The van der Waals surface area contributed by atoms with Crippen LogP contribution in [0.3, 0.4) is 0 Å². The van der Waals surface area contributed by atoms with Gasteiger partial charge in [-0.25, -0.2) is 4.79 Å². The summed E-state index contributed by atoms with van der Waals surface area (Å²) in [5.74, 6) is -0.642. The number of hydrogen-bond donors (Lipinski definition) is 1. The number of nitrogens with two attached hydrogens (primary N) is 1. The van der Waals surface area contributed by atoms with Crippen LogP contribution >= 0.6 is 11.3 Å². The van der Waals surface area contributed by atoms with Crippen LogP contribution in [0.1, 0.15) is 22.6 Å². The number of ether oxygens (including phenoxy) is 2. The van der Waals surface area contributed by atoms with E-state index < -0.39 is 11.9 Å². The molecule has 0 radical (unpaired) electrons. The summed E-state index contributed by atoms with van der Waals surface area (Å²) in [6.45, 7) is 3.60. The summed E-state index contributed by atoms with van der Waals surface area (Å²) in [6, 6.07) is 5.86. The maximum absolute atomic E-state index is 12.0. The van der Waals surface area contributed by atoms with Crippen molar-refractivity contribution in [3.63, 3.8) is 0 Å². The lowest BCUT2D eigenvalue weighted by atomic mass is 9.87. The van der Waals surface area contributed by atoms with E-state index in [1.165, 1.54) is 18.4 Å². The van der Waals surface area contributed by atoms with Crippen LogP contribution in [0.4, 0.5) is 0 Å². The number of esters is 1. The minimum absolute atomic E-state index is 0.0358. The second-order valence-corrected chi connectivity index (χ2v) is 5.65. The van der Waals surface area contributed by atoms with Crippen molar-refractivity contribution in [2.75, 3.05) is 7.11 Å². The number of aryl methyl sites for hydroxylation is 1. The maximum atomic E-state index is 12.0. The van der Waals surface area contributed by atoms with E-state index in [0.717, 1.165) is 9.75 Å². The number of rotatable bonds is 2. The smallest absolute Gasteiger partial charge is 0.338 e. The molecule has 0 saturated heterocycles. The first-order valence-corrected chi connectivity index (χ1v) is 6.74. The molecule has 0 unspecified atom stereocenters. The van der Waals surface area contributed by atoms with Gasteiger partial charge in [0, 0.05) is 9.75 Å². The van der Waals surface area contributed by atoms with Gasteiger partial charge in [0.05, 0.1) is 18.6 Å². The summed E-state index contributed by atoms with van der Waals surface area (Å²) >= 11 is 1.51. The zero-order valence-electron chi connectivity index (χ0n) is 11.4. The highest BCUT2D eigenvalue weighted by atomic mass is 32.1. The predicted octanol–water partition coefficient (Wildman–Crippen LogP) is 2.31. The topological polar surface area (TPSA) is 85.3 Å². The molecule has 0 aromatic carbocycles. The summed E-state index contributed by atoms with van der Waals surface area (Å²) in [6.07, 6.45) is 0. The molecule has 0 aliphatic carbocycles. The molecule has 1 aromatic rings. The second-order valence-electron chi connectivity index (χ2n) is 4.33. The third kappa shape index (κ3) is 2.28. The monoisotopic (exact) mass is 290 g/mol. The van der Waals surface area contributed by atoms with E-state index in [1.54, 1.807) is 6.92 Å². The first-order chi connectivity index (χ1) is 9.49. The van der Waals surface area contributed by atoms with Gasteiger partial charge in [-0.05, 0) is 26.0 Å². The van der Waals surface area contributed by atoms with Crippen molar-refractivity contribution in [2.45, 2.75) is 19.8 Å². The van der Waals surface area contributed by atoms with Crippen molar-refractivity contribution in [1.82, 2.24) is 0 Å². The number of hydrogen-bond acceptors (Lipinski definition) is 6. The van der Waals surface area contributed by atoms with E-state index in [9.17, 15) is 10.1 Å². The van der Waals surface area contributed by atoms with Crippen LogP contribution in [-0.4, -0.2) is 13.1 Å². The molecule has 0 saturated carbocycles. The van der Waals surface area contributed by atoms with Gasteiger partial charge in [0.1, 0.15) is 17.4 Å². The van der Waals surface area contributed by atoms with Crippen LogP contribution in [0.2, 0.25) is 0 Å². The lowest BCUT2D eigenvalue weighted by Gasteiger charge is -2.25. The van der Waals surface area contributed by atoms with E-state index in [0.29, 0.717) is 11.3 Å². The average molecular weight is 290 g/mol. The van der Waals surface area contributed by atoms with Crippen molar-refractivity contribution < 1.29 is 14.3 Å². The molecular weight excluding hydrogens is 276 g/mol. The van der Waals surface area contributed by atoms with Crippen LogP contribution in [0.5, 0.6) is 0 Å². The Bertz CT molecular complexity index is 664. The molecule has 0 amide bonds. The van der Waals surface area contributed by atoms with E-state index in [-0.39, 0.29) is 11.5 Å². The Labute approximate surface area is 120 Å². The summed E-state index contributed by atoms with van der Waals surface area (Å²) in [5.41, 5.74) is 6.33. The Morgan fingerprint density at radius 1 is 1.50 bits per heavy atom. The molecule has 6 heteroatoms. The molecule has 2 N–H and O–H groups in total. The number of carbonyl (C=O) groups is 1. The van der Waals surface area contributed by atoms with Crippen molar-refractivity contribution in [3.05, 3.63) is 44.7 Å². The Balaban J connectivity index is 2.62. The van der Waals surface area contributed by atoms with Crippen molar-refractivity contribution >= 4 is 17.3 Å². The molecule has 0 fully saturated rings. The molecule has 1 aliphatic rings. The molecule has 2 heterocycles. The first kappa shape index (κ1) is 14.2. The number of nitriles is 1. The highest BCUT2D eigenvalue weighted by molar-refractivity contribution is 7.12. The van der Waals surface area contributed by atoms with Crippen molar-refractivity contribution in [2.24, 2.45) is 5.73 Å². The van der Waals surface area contributed by atoms with Crippen LogP contribution in [0.15, 0.2) is 34.9 Å². The van der Waals surface area contributed by atoms with Crippen LogP contribution < -0.4 is 5.73 Å². The van der Waals surface area contributed by atoms with Crippen molar-refractivity contribution in [1.29, 1.82) is 5.26 Å². The Morgan fingerprint density at radius 2 is 2.20 bits per heavy atom. The summed E-state index contributed by atoms with van der Waals surface area (Å²) in [5, 5.41) is 9.32. The molecule has 0 bridgehead atoms. The van der Waals surface area contributed by atoms with Crippen LogP contribution in [0, 0.1) is 18.3 Å². The van der Waals surface area contributed by atoms with E-state index in [2.05, 4.69) is 0 Å². The molecule has 5 nitrogen and oxygen atoms in total. The molecule has 1 aromatic heterocycles. The fourth-order valence-electron chi connectivity index (χ4n) is 2.15. The normalized spacial score (nSPS) is 18.6. The van der Waals surface area contributed by atoms with Gasteiger partial charge in [-0.15, -0.1) is 11.3 Å². The molecule has 1 aliphatic heterocycles. The molecule has 2 rings (SSSR count). The minimum Gasteiger partial charge on any atom is -0.466 e. The first-order valence-electron chi connectivity index (χ1n) is 5.92. The molecule has 104 valence electrons. The standard InChI is InChI=1S/C14H14N2O3S/c1-7-4-5-10(20-7)12-9(6-15)13(16)19-8(2)11(12)14(17)18-3/h4-5,12H,16H2,1-3H3/t12-/m0/s1. The minimum atomic E-state index is -0.528. The van der Waals surface area contributed by atoms with Gasteiger partial charge in [0.15, 0.2) is 0 Å². The average Bonchev–Trinajstić information content (AvgIpc) is 2.83. The summed E-state index contributed by atoms with van der Waals surface area (Å²) < 4.78 is 10.1. The SMILES string of the molecule is COC(=O)C1=C(C)OC(N)=C(C#N)[C@H]1c1ccc(C)s1. The van der Waals surface area contributed by atoms with E-state index in [1.807, 2.05) is 25.1 Å². The fourth-order valence-corrected chi connectivity index (χ4v) is 3.15. The van der Waals surface area contributed by atoms with Crippen molar-refractivity contribution in [3.8, 4) is 6.07 Å². The highest BCUT2D eigenvalue weighted by Crippen LogP contribution is 2.41.